The highest BCUT2D eigenvalue weighted by Gasteiger charge is 2.22. The molecule has 1 atom stereocenters. The molecule has 3 rings (SSSR count). The van der Waals surface area contributed by atoms with Gasteiger partial charge in [-0.25, -0.2) is 0 Å². The summed E-state index contributed by atoms with van der Waals surface area (Å²) in [5.41, 5.74) is 3.37. The Hall–Kier alpha value is -2.61. The molecule has 0 saturated carbocycles. The van der Waals surface area contributed by atoms with Gasteiger partial charge in [0.25, 0.3) is 0 Å². The SMILES string of the molecule is O=C1OCC(/C=C/c2ccccc2)=CC[C@@H]1Cc1ccccc1. The van der Waals surface area contributed by atoms with E-state index in [9.17, 15) is 4.79 Å². The second-order valence-electron chi connectivity index (χ2n) is 5.75. The average molecular weight is 304 g/mol. The summed E-state index contributed by atoms with van der Waals surface area (Å²) in [6, 6.07) is 20.2. The van der Waals surface area contributed by atoms with Crippen LogP contribution in [0.5, 0.6) is 0 Å². The van der Waals surface area contributed by atoms with E-state index in [1.165, 1.54) is 5.56 Å². The van der Waals surface area contributed by atoms with Crippen LogP contribution >= 0.6 is 0 Å². The lowest BCUT2D eigenvalue weighted by Crippen LogP contribution is -2.18. The first-order valence-electron chi connectivity index (χ1n) is 7.94. The molecular formula is C21H20O2. The maximum Gasteiger partial charge on any atom is 0.309 e. The summed E-state index contributed by atoms with van der Waals surface area (Å²) in [5, 5.41) is 0. The van der Waals surface area contributed by atoms with Crippen LogP contribution in [-0.2, 0) is 16.0 Å². The van der Waals surface area contributed by atoms with Gasteiger partial charge in [0.05, 0.1) is 5.92 Å². The average Bonchev–Trinajstić information content (AvgIpc) is 2.77. The lowest BCUT2D eigenvalue weighted by Gasteiger charge is -2.11. The fraction of sp³-hybridized carbons (Fsp3) is 0.190. The highest BCUT2D eigenvalue weighted by atomic mass is 16.5. The van der Waals surface area contributed by atoms with Gasteiger partial charge >= 0.3 is 5.97 Å². The molecular weight excluding hydrogens is 284 g/mol. The van der Waals surface area contributed by atoms with Crippen molar-refractivity contribution in [3.05, 3.63) is 89.5 Å². The second-order valence-corrected chi connectivity index (χ2v) is 5.75. The van der Waals surface area contributed by atoms with Crippen molar-refractivity contribution in [2.75, 3.05) is 6.61 Å². The van der Waals surface area contributed by atoms with Gasteiger partial charge in [-0.3, -0.25) is 4.79 Å². The summed E-state index contributed by atoms with van der Waals surface area (Å²) in [7, 11) is 0. The van der Waals surface area contributed by atoms with Gasteiger partial charge in [-0.15, -0.1) is 0 Å². The van der Waals surface area contributed by atoms with E-state index in [1.807, 2.05) is 42.5 Å². The van der Waals surface area contributed by atoms with Gasteiger partial charge in [-0.1, -0.05) is 78.9 Å². The predicted octanol–water partition coefficient (Wildman–Crippen LogP) is 4.43. The number of ether oxygens (including phenoxy) is 1. The van der Waals surface area contributed by atoms with Gasteiger partial charge in [0.2, 0.25) is 0 Å². The Labute approximate surface area is 137 Å². The standard InChI is InChI=1S/C21H20O2/c22-21-20(15-18-9-5-2-6-10-18)14-13-19(16-23-21)12-11-17-7-3-1-4-8-17/h1-13,20H,14-16H2/b12-11+/t20-/m1/s1. The molecule has 0 bridgehead atoms. The maximum atomic E-state index is 12.2. The lowest BCUT2D eigenvalue weighted by atomic mass is 9.96. The molecule has 0 aromatic heterocycles. The topological polar surface area (TPSA) is 26.3 Å². The Kier molecular flexibility index (Phi) is 5.05. The number of hydrogen-bond acceptors (Lipinski definition) is 2. The smallest absolute Gasteiger partial charge is 0.309 e. The summed E-state index contributed by atoms with van der Waals surface area (Å²) in [5.74, 6) is -0.201. The quantitative estimate of drug-likeness (QED) is 0.781. The number of carbonyl (C=O) groups excluding carboxylic acids is 1. The zero-order chi connectivity index (χ0) is 15.9. The number of carbonyl (C=O) groups is 1. The van der Waals surface area contributed by atoms with Crippen LogP contribution in [0.25, 0.3) is 6.08 Å². The minimum Gasteiger partial charge on any atom is -0.461 e. The summed E-state index contributed by atoms with van der Waals surface area (Å²) in [6.45, 7) is 0.355. The minimum absolute atomic E-state index is 0.0972. The zero-order valence-electron chi connectivity index (χ0n) is 13.0. The van der Waals surface area contributed by atoms with Crippen molar-refractivity contribution in [1.82, 2.24) is 0 Å². The highest BCUT2D eigenvalue weighted by Crippen LogP contribution is 2.20. The first kappa shape index (κ1) is 15.3. The molecule has 2 heteroatoms. The third kappa shape index (κ3) is 4.43. The van der Waals surface area contributed by atoms with Gasteiger partial charge in [-0.2, -0.15) is 0 Å². The largest absolute Gasteiger partial charge is 0.461 e. The Bertz CT molecular complexity index is 699. The third-order valence-corrected chi connectivity index (χ3v) is 3.99. The highest BCUT2D eigenvalue weighted by molar-refractivity contribution is 5.74. The zero-order valence-corrected chi connectivity index (χ0v) is 13.0. The van der Waals surface area contributed by atoms with Crippen molar-refractivity contribution >= 4 is 12.0 Å². The van der Waals surface area contributed by atoms with Crippen LogP contribution in [0, 0.1) is 5.92 Å². The van der Waals surface area contributed by atoms with Gasteiger partial charge in [0.1, 0.15) is 6.61 Å². The molecule has 0 fully saturated rings. The van der Waals surface area contributed by atoms with Crippen LogP contribution in [0.15, 0.2) is 78.4 Å². The molecule has 1 aliphatic rings. The molecule has 0 saturated heterocycles. The molecule has 0 N–H and O–H groups in total. The van der Waals surface area contributed by atoms with Crippen LogP contribution in [0.2, 0.25) is 0 Å². The van der Waals surface area contributed by atoms with Gasteiger partial charge in [-0.05, 0) is 29.5 Å². The molecule has 23 heavy (non-hydrogen) atoms. The first-order valence-corrected chi connectivity index (χ1v) is 7.94. The van der Waals surface area contributed by atoms with Crippen LogP contribution in [0.1, 0.15) is 17.5 Å². The number of rotatable bonds is 4. The fourth-order valence-electron chi connectivity index (χ4n) is 2.67. The van der Waals surface area contributed by atoms with E-state index in [2.05, 4.69) is 36.4 Å². The fourth-order valence-corrected chi connectivity index (χ4v) is 2.67. The van der Waals surface area contributed by atoms with Gasteiger partial charge in [0, 0.05) is 0 Å². The molecule has 0 spiro atoms. The van der Waals surface area contributed by atoms with E-state index in [0.29, 0.717) is 6.61 Å². The van der Waals surface area contributed by atoms with Crippen molar-refractivity contribution in [2.45, 2.75) is 12.8 Å². The maximum absolute atomic E-state index is 12.2. The van der Waals surface area contributed by atoms with Crippen molar-refractivity contribution in [2.24, 2.45) is 5.92 Å². The van der Waals surface area contributed by atoms with E-state index in [1.54, 1.807) is 0 Å². The molecule has 0 unspecified atom stereocenters. The summed E-state index contributed by atoms with van der Waals surface area (Å²) in [4.78, 5) is 12.2. The summed E-state index contributed by atoms with van der Waals surface area (Å²) >= 11 is 0. The monoisotopic (exact) mass is 304 g/mol. The third-order valence-electron chi connectivity index (χ3n) is 3.99. The van der Waals surface area contributed by atoms with E-state index >= 15 is 0 Å². The van der Waals surface area contributed by atoms with Gasteiger partial charge < -0.3 is 4.74 Å². The number of cyclic esters (lactones) is 1. The molecule has 1 aliphatic heterocycles. The van der Waals surface area contributed by atoms with Crippen LogP contribution in [0.4, 0.5) is 0 Å². The van der Waals surface area contributed by atoms with Crippen LogP contribution in [-0.4, -0.2) is 12.6 Å². The lowest BCUT2D eigenvalue weighted by molar-refractivity contribution is -0.146. The molecule has 2 nitrogen and oxygen atoms in total. The van der Waals surface area contributed by atoms with E-state index in [4.69, 9.17) is 4.74 Å². The number of esters is 1. The minimum atomic E-state index is -0.104. The van der Waals surface area contributed by atoms with Crippen LogP contribution in [0.3, 0.4) is 0 Å². The Morgan fingerprint density at radius 2 is 1.65 bits per heavy atom. The number of allylic oxidation sites excluding steroid dienone is 1. The predicted molar refractivity (Wildman–Crippen MR) is 92.8 cm³/mol. The second kappa shape index (κ2) is 7.59. The Morgan fingerprint density at radius 3 is 2.39 bits per heavy atom. The summed E-state index contributed by atoms with van der Waals surface area (Å²) in [6.07, 6.45) is 7.66. The molecule has 2 aromatic rings. The van der Waals surface area contributed by atoms with E-state index in [0.717, 1.165) is 24.0 Å². The first-order chi connectivity index (χ1) is 11.3. The molecule has 116 valence electrons. The normalized spacial score (nSPS) is 18.3. The number of benzene rings is 2. The molecule has 0 amide bonds. The molecule has 0 radical (unpaired) electrons. The van der Waals surface area contributed by atoms with E-state index < -0.39 is 0 Å². The molecule has 2 aromatic carbocycles. The van der Waals surface area contributed by atoms with Crippen molar-refractivity contribution in [3.63, 3.8) is 0 Å². The Balaban J connectivity index is 1.66. The van der Waals surface area contributed by atoms with Crippen LogP contribution < -0.4 is 0 Å². The van der Waals surface area contributed by atoms with Gasteiger partial charge in [0.15, 0.2) is 0 Å². The van der Waals surface area contributed by atoms with Crippen molar-refractivity contribution in [1.29, 1.82) is 0 Å². The number of hydrogen-bond donors (Lipinski definition) is 0. The summed E-state index contributed by atoms with van der Waals surface area (Å²) < 4.78 is 5.43. The van der Waals surface area contributed by atoms with Crippen molar-refractivity contribution < 1.29 is 9.53 Å². The van der Waals surface area contributed by atoms with E-state index in [-0.39, 0.29) is 11.9 Å². The Morgan fingerprint density at radius 1 is 0.957 bits per heavy atom. The van der Waals surface area contributed by atoms with Crippen molar-refractivity contribution in [3.8, 4) is 0 Å². The molecule has 1 heterocycles. The molecule has 0 aliphatic carbocycles.